The van der Waals surface area contributed by atoms with Crippen LogP contribution in [0.5, 0.6) is 0 Å². The summed E-state index contributed by atoms with van der Waals surface area (Å²) in [6, 6.07) is 7.44. The number of carbonyl (C=O) groups is 1. The second-order valence-corrected chi connectivity index (χ2v) is 6.67. The van der Waals surface area contributed by atoms with Crippen LogP contribution in [0.1, 0.15) is 18.4 Å². The minimum atomic E-state index is -3.71. The number of nitrogens with one attached hydrogen (secondary N) is 2. The van der Waals surface area contributed by atoms with Gasteiger partial charge in [-0.2, -0.15) is 5.10 Å². The standard InChI is InChI=1S/C13H13N3O4S/c17-12(18)13(6-7-13)9-1-3-10(4-2-9)21(19,20)16-11-5-8-14-15-11/h1-5,8H,6-7H2,(H,17,18)(H2,14,15,16). The first kappa shape index (κ1) is 13.6. The summed E-state index contributed by atoms with van der Waals surface area (Å²) in [5, 5.41) is 15.4. The van der Waals surface area contributed by atoms with Gasteiger partial charge in [0.05, 0.1) is 16.5 Å². The van der Waals surface area contributed by atoms with Crippen molar-refractivity contribution < 1.29 is 18.3 Å². The Hall–Kier alpha value is -2.35. The zero-order chi connectivity index (χ0) is 15.1. The number of aromatic nitrogens is 2. The van der Waals surface area contributed by atoms with Gasteiger partial charge in [0.15, 0.2) is 0 Å². The highest BCUT2D eigenvalue weighted by molar-refractivity contribution is 7.92. The van der Waals surface area contributed by atoms with Crippen LogP contribution in [0.25, 0.3) is 0 Å². The number of sulfonamides is 1. The van der Waals surface area contributed by atoms with Crippen molar-refractivity contribution in [3.8, 4) is 0 Å². The largest absolute Gasteiger partial charge is 0.481 e. The summed E-state index contributed by atoms with van der Waals surface area (Å²) in [4.78, 5) is 11.3. The average molecular weight is 307 g/mol. The molecular weight excluding hydrogens is 294 g/mol. The zero-order valence-corrected chi connectivity index (χ0v) is 11.7. The predicted octanol–water partition coefficient (Wildman–Crippen LogP) is 1.33. The first-order valence-corrected chi connectivity index (χ1v) is 7.78. The van der Waals surface area contributed by atoms with Crippen molar-refractivity contribution in [2.75, 3.05) is 4.72 Å². The third-order valence-electron chi connectivity index (χ3n) is 3.62. The van der Waals surface area contributed by atoms with Crippen LogP contribution in [0.2, 0.25) is 0 Å². The van der Waals surface area contributed by atoms with Crippen molar-refractivity contribution in [1.82, 2.24) is 10.2 Å². The van der Waals surface area contributed by atoms with Crippen molar-refractivity contribution >= 4 is 21.8 Å². The van der Waals surface area contributed by atoms with Gasteiger partial charge in [-0.15, -0.1) is 0 Å². The van der Waals surface area contributed by atoms with E-state index in [0.717, 1.165) is 0 Å². The molecular formula is C13H13N3O4S. The topological polar surface area (TPSA) is 112 Å². The molecule has 1 saturated carbocycles. The van der Waals surface area contributed by atoms with Crippen LogP contribution in [0.3, 0.4) is 0 Å². The highest BCUT2D eigenvalue weighted by atomic mass is 32.2. The molecule has 0 spiro atoms. The highest BCUT2D eigenvalue weighted by Crippen LogP contribution is 2.48. The Morgan fingerprint density at radius 3 is 2.38 bits per heavy atom. The summed E-state index contributed by atoms with van der Waals surface area (Å²) in [6.07, 6.45) is 2.60. The van der Waals surface area contributed by atoms with Crippen LogP contribution in [0.15, 0.2) is 41.4 Å². The number of aliphatic carboxylic acids is 1. The van der Waals surface area contributed by atoms with E-state index in [1.165, 1.54) is 24.4 Å². The molecule has 1 heterocycles. The molecule has 0 saturated heterocycles. The van der Waals surface area contributed by atoms with Gasteiger partial charge in [-0.05, 0) is 30.5 Å². The molecule has 0 amide bonds. The number of rotatable bonds is 5. The predicted molar refractivity (Wildman–Crippen MR) is 74.4 cm³/mol. The molecule has 21 heavy (non-hydrogen) atoms. The van der Waals surface area contributed by atoms with Gasteiger partial charge in [0.25, 0.3) is 10.0 Å². The van der Waals surface area contributed by atoms with Crippen molar-refractivity contribution in [1.29, 1.82) is 0 Å². The van der Waals surface area contributed by atoms with Crippen molar-refractivity contribution in [3.63, 3.8) is 0 Å². The van der Waals surface area contributed by atoms with Crippen molar-refractivity contribution in [3.05, 3.63) is 42.1 Å². The van der Waals surface area contributed by atoms with E-state index in [2.05, 4.69) is 14.9 Å². The number of hydrogen-bond acceptors (Lipinski definition) is 4. The first-order valence-electron chi connectivity index (χ1n) is 6.30. The molecule has 0 atom stereocenters. The monoisotopic (exact) mass is 307 g/mol. The Morgan fingerprint density at radius 2 is 1.90 bits per heavy atom. The molecule has 110 valence electrons. The number of anilines is 1. The van der Waals surface area contributed by atoms with Gasteiger partial charge in [-0.25, -0.2) is 8.42 Å². The molecule has 0 unspecified atom stereocenters. The Labute approximate surface area is 121 Å². The van der Waals surface area contributed by atoms with E-state index in [1.54, 1.807) is 12.1 Å². The van der Waals surface area contributed by atoms with Crippen molar-refractivity contribution in [2.45, 2.75) is 23.2 Å². The summed E-state index contributed by atoms with van der Waals surface area (Å²) in [5.41, 5.74) is -0.200. The van der Waals surface area contributed by atoms with Gasteiger partial charge >= 0.3 is 5.97 Å². The van der Waals surface area contributed by atoms with Crippen LogP contribution in [0, 0.1) is 0 Å². The van der Waals surface area contributed by atoms with Crippen LogP contribution in [-0.4, -0.2) is 29.7 Å². The SMILES string of the molecule is O=C(O)C1(c2ccc(S(=O)(=O)Nc3ccn[nH]3)cc2)CC1. The third-order valence-corrected chi connectivity index (χ3v) is 5.00. The lowest BCUT2D eigenvalue weighted by atomic mass is 9.96. The van der Waals surface area contributed by atoms with E-state index >= 15 is 0 Å². The summed E-state index contributed by atoms with van der Waals surface area (Å²) < 4.78 is 26.6. The molecule has 0 aliphatic heterocycles. The molecule has 1 aromatic carbocycles. The van der Waals surface area contributed by atoms with E-state index in [1.807, 2.05) is 0 Å². The number of nitrogens with zero attached hydrogens (tertiary/aromatic N) is 1. The molecule has 1 fully saturated rings. The molecule has 2 aromatic rings. The Morgan fingerprint density at radius 1 is 1.24 bits per heavy atom. The number of benzene rings is 1. The average Bonchev–Trinajstić information content (AvgIpc) is 3.12. The number of H-pyrrole nitrogens is 1. The third kappa shape index (κ3) is 2.38. The molecule has 1 aliphatic carbocycles. The maximum Gasteiger partial charge on any atom is 0.314 e. The van der Waals surface area contributed by atoms with E-state index in [0.29, 0.717) is 18.4 Å². The van der Waals surface area contributed by atoms with Gasteiger partial charge in [0, 0.05) is 6.07 Å². The van der Waals surface area contributed by atoms with Crippen molar-refractivity contribution in [2.24, 2.45) is 0 Å². The Bertz CT molecular complexity index is 762. The van der Waals surface area contributed by atoms with Crippen LogP contribution in [0.4, 0.5) is 5.82 Å². The maximum absolute atomic E-state index is 12.1. The minimum Gasteiger partial charge on any atom is -0.481 e. The molecule has 7 nitrogen and oxygen atoms in total. The zero-order valence-electron chi connectivity index (χ0n) is 10.9. The van der Waals surface area contributed by atoms with E-state index in [-0.39, 0.29) is 10.7 Å². The normalized spacial score (nSPS) is 16.4. The Balaban J connectivity index is 1.86. The lowest BCUT2D eigenvalue weighted by Gasteiger charge is -2.11. The highest BCUT2D eigenvalue weighted by Gasteiger charge is 2.51. The number of aromatic amines is 1. The number of carboxylic acids is 1. The lowest BCUT2D eigenvalue weighted by Crippen LogP contribution is -2.20. The quantitative estimate of drug-likeness (QED) is 0.771. The smallest absolute Gasteiger partial charge is 0.314 e. The van der Waals surface area contributed by atoms with Crippen LogP contribution in [-0.2, 0) is 20.2 Å². The van der Waals surface area contributed by atoms with Gasteiger partial charge in [-0.3, -0.25) is 14.6 Å². The van der Waals surface area contributed by atoms with E-state index < -0.39 is 21.4 Å². The van der Waals surface area contributed by atoms with E-state index in [9.17, 15) is 18.3 Å². The summed E-state index contributed by atoms with van der Waals surface area (Å²) in [5.74, 6) is -0.600. The fraction of sp³-hybridized carbons (Fsp3) is 0.231. The van der Waals surface area contributed by atoms with E-state index in [4.69, 9.17) is 0 Å². The van der Waals surface area contributed by atoms with Gasteiger partial charge in [0.2, 0.25) is 0 Å². The second-order valence-electron chi connectivity index (χ2n) is 4.99. The molecule has 1 aromatic heterocycles. The fourth-order valence-electron chi connectivity index (χ4n) is 2.22. The number of carboxylic acid groups (broad SMARTS) is 1. The first-order chi connectivity index (χ1) is 9.94. The molecule has 3 rings (SSSR count). The maximum atomic E-state index is 12.1. The summed E-state index contributed by atoms with van der Waals surface area (Å²) in [6.45, 7) is 0. The van der Waals surface area contributed by atoms with Crippen LogP contribution < -0.4 is 4.72 Å². The molecule has 0 radical (unpaired) electrons. The minimum absolute atomic E-state index is 0.0713. The molecule has 8 heteroatoms. The van der Waals surface area contributed by atoms with Gasteiger partial charge in [0.1, 0.15) is 5.82 Å². The Kier molecular flexibility index (Phi) is 2.98. The molecule has 1 aliphatic rings. The summed E-state index contributed by atoms with van der Waals surface area (Å²) >= 11 is 0. The number of hydrogen-bond donors (Lipinski definition) is 3. The molecule has 3 N–H and O–H groups in total. The van der Waals surface area contributed by atoms with Gasteiger partial charge in [-0.1, -0.05) is 12.1 Å². The van der Waals surface area contributed by atoms with Gasteiger partial charge < -0.3 is 5.11 Å². The van der Waals surface area contributed by atoms with Crippen LogP contribution >= 0.6 is 0 Å². The summed E-state index contributed by atoms with van der Waals surface area (Å²) in [7, 11) is -3.71. The lowest BCUT2D eigenvalue weighted by molar-refractivity contribution is -0.140. The fourth-order valence-corrected chi connectivity index (χ4v) is 3.24. The molecule has 0 bridgehead atoms. The second kappa shape index (κ2) is 4.59.